The average Bonchev–Trinajstić information content (AvgIpc) is 3.27. The van der Waals surface area contributed by atoms with Crippen LogP contribution in [0.25, 0.3) is 22.1 Å². The monoisotopic (exact) mass is 458 g/mol. The van der Waals surface area contributed by atoms with Crippen LogP contribution in [0.3, 0.4) is 0 Å². The van der Waals surface area contributed by atoms with Gasteiger partial charge in [0, 0.05) is 56.7 Å². The molecule has 4 heterocycles. The molecule has 0 amide bonds. The lowest BCUT2D eigenvalue weighted by Crippen LogP contribution is -2.57. The number of hydrogen-bond donors (Lipinski definition) is 0. The highest BCUT2D eigenvalue weighted by atomic mass is 16.1. The largest absolute Gasteiger partial charge is 0.364 e. The Morgan fingerprint density at radius 3 is 2.71 bits per heavy atom. The van der Waals surface area contributed by atoms with Crippen LogP contribution >= 0.6 is 0 Å². The Labute approximate surface area is 200 Å². The van der Waals surface area contributed by atoms with Gasteiger partial charge in [-0.25, -0.2) is 0 Å². The molecule has 0 bridgehead atoms. The molecule has 1 unspecified atom stereocenters. The standard InChI is InChI=1S/C25H28N8O/c1-16-14-33(22-12-24(34)30(4)23-15-31(10-7-26)29-25(22)23)17(2)13-32(16)18(3)19-5-6-20-21(11-19)28-9-8-27-20/h5-6,8-9,11-12,15-18H,10,13-14H2,1-4H3/t16-,17+,18?/m1/s1/i8D,9D. The molecule has 0 N–H and O–H groups in total. The summed E-state index contributed by atoms with van der Waals surface area (Å²) in [5.41, 5.74) is 4.44. The number of benzene rings is 1. The van der Waals surface area contributed by atoms with Gasteiger partial charge < -0.3 is 9.47 Å². The van der Waals surface area contributed by atoms with Crippen LogP contribution in [0.15, 0.2) is 47.6 Å². The molecule has 34 heavy (non-hydrogen) atoms. The number of aromatic nitrogens is 5. The van der Waals surface area contributed by atoms with Crippen LogP contribution in [0.5, 0.6) is 0 Å². The van der Waals surface area contributed by atoms with Crippen molar-refractivity contribution in [3.8, 4) is 6.07 Å². The molecule has 9 nitrogen and oxygen atoms in total. The highest BCUT2D eigenvalue weighted by Gasteiger charge is 2.34. The third kappa shape index (κ3) is 3.70. The average molecular weight is 459 g/mol. The third-order valence-electron chi connectivity index (χ3n) is 6.90. The van der Waals surface area contributed by atoms with E-state index in [0.29, 0.717) is 23.1 Å². The zero-order chi connectivity index (χ0) is 25.7. The van der Waals surface area contributed by atoms with Crippen LogP contribution in [0.2, 0.25) is 0 Å². The van der Waals surface area contributed by atoms with Gasteiger partial charge in [0.05, 0.1) is 37.2 Å². The third-order valence-corrected chi connectivity index (χ3v) is 6.90. The summed E-state index contributed by atoms with van der Waals surface area (Å²) in [7, 11) is 1.72. The van der Waals surface area contributed by atoms with Crippen LogP contribution < -0.4 is 10.5 Å². The van der Waals surface area contributed by atoms with Crippen LogP contribution in [0, 0.1) is 11.3 Å². The van der Waals surface area contributed by atoms with Crippen molar-refractivity contribution in [2.24, 2.45) is 7.05 Å². The number of piperazine rings is 1. The smallest absolute Gasteiger partial charge is 0.252 e. The number of nitriles is 1. The van der Waals surface area contributed by atoms with E-state index in [0.717, 1.165) is 23.3 Å². The number of nitrogens with zero attached hydrogens (tertiary/aromatic N) is 8. The summed E-state index contributed by atoms with van der Waals surface area (Å²) in [6.07, 6.45) is 1.51. The zero-order valence-corrected chi connectivity index (χ0v) is 19.7. The topological polar surface area (TPSA) is 95.9 Å². The summed E-state index contributed by atoms with van der Waals surface area (Å²) in [5.74, 6) is 0. The van der Waals surface area contributed by atoms with E-state index in [1.807, 2.05) is 18.2 Å². The van der Waals surface area contributed by atoms with E-state index in [1.54, 1.807) is 28.6 Å². The molecular weight excluding hydrogens is 428 g/mol. The first-order chi connectivity index (χ1) is 17.2. The maximum Gasteiger partial charge on any atom is 0.252 e. The molecule has 174 valence electrons. The van der Waals surface area contributed by atoms with E-state index in [2.05, 4.69) is 51.7 Å². The fourth-order valence-corrected chi connectivity index (χ4v) is 4.99. The Morgan fingerprint density at radius 1 is 1.18 bits per heavy atom. The maximum absolute atomic E-state index is 12.7. The van der Waals surface area contributed by atoms with Gasteiger partial charge in [-0.1, -0.05) is 6.07 Å². The SMILES string of the molecule is [2H]c1nc2ccc(C(C)N3C[C@H](C)N(c4cc(=O)n(C)c5cn(CC#N)nc45)C[C@H]3C)cc2nc1[2H]. The maximum atomic E-state index is 12.7. The van der Waals surface area contributed by atoms with Gasteiger partial charge in [0.1, 0.15) is 12.1 Å². The molecule has 0 spiro atoms. The molecule has 0 radical (unpaired) electrons. The van der Waals surface area contributed by atoms with Gasteiger partial charge in [-0.2, -0.15) is 10.4 Å². The van der Waals surface area contributed by atoms with Crippen molar-refractivity contribution in [1.29, 1.82) is 5.26 Å². The summed E-state index contributed by atoms with van der Waals surface area (Å²) in [6, 6.07) is 9.99. The van der Waals surface area contributed by atoms with Gasteiger partial charge >= 0.3 is 0 Å². The van der Waals surface area contributed by atoms with Crippen molar-refractivity contribution in [2.75, 3.05) is 18.0 Å². The second-order valence-electron chi connectivity index (χ2n) is 9.06. The van der Waals surface area contributed by atoms with Crippen molar-refractivity contribution in [1.82, 2.24) is 29.2 Å². The summed E-state index contributed by atoms with van der Waals surface area (Å²) >= 11 is 0. The van der Waals surface area contributed by atoms with E-state index < -0.39 is 0 Å². The number of anilines is 1. The van der Waals surface area contributed by atoms with Gasteiger partial charge in [-0.3, -0.25) is 24.3 Å². The molecule has 1 aromatic carbocycles. The van der Waals surface area contributed by atoms with Crippen molar-refractivity contribution in [3.05, 3.63) is 58.7 Å². The number of pyridine rings is 1. The fourth-order valence-electron chi connectivity index (χ4n) is 4.99. The highest BCUT2D eigenvalue weighted by Crippen LogP contribution is 2.32. The van der Waals surface area contributed by atoms with E-state index in [4.69, 9.17) is 8.00 Å². The van der Waals surface area contributed by atoms with E-state index >= 15 is 0 Å². The lowest BCUT2D eigenvalue weighted by atomic mass is 10.00. The molecule has 9 heteroatoms. The Hall–Kier alpha value is -3.77. The van der Waals surface area contributed by atoms with Crippen molar-refractivity contribution < 1.29 is 2.74 Å². The second kappa shape index (κ2) is 8.54. The quantitative estimate of drug-likeness (QED) is 0.464. The minimum atomic E-state index is -0.125. The number of rotatable bonds is 4. The minimum Gasteiger partial charge on any atom is -0.364 e. The Balaban J connectivity index is 1.45. The van der Waals surface area contributed by atoms with Crippen LogP contribution in [-0.2, 0) is 13.6 Å². The predicted octanol–water partition coefficient (Wildman–Crippen LogP) is 2.86. The van der Waals surface area contributed by atoms with Gasteiger partial charge in [-0.15, -0.1) is 0 Å². The molecule has 0 aliphatic carbocycles. The first-order valence-electron chi connectivity index (χ1n) is 12.4. The molecule has 0 saturated carbocycles. The van der Waals surface area contributed by atoms with Crippen LogP contribution in [0.4, 0.5) is 5.69 Å². The Morgan fingerprint density at radius 2 is 1.94 bits per heavy atom. The molecule has 1 fully saturated rings. The van der Waals surface area contributed by atoms with Gasteiger partial charge in [0.15, 0.2) is 0 Å². The van der Waals surface area contributed by atoms with E-state index in [-0.39, 0.29) is 42.6 Å². The predicted molar refractivity (Wildman–Crippen MR) is 132 cm³/mol. The number of fused-ring (bicyclic) bond motifs is 2. The number of hydrogen-bond acceptors (Lipinski definition) is 7. The first kappa shape index (κ1) is 19.7. The van der Waals surface area contributed by atoms with Gasteiger partial charge in [-0.05, 0) is 38.5 Å². The minimum absolute atomic E-state index is 0.0964. The van der Waals surface area contributed by atoms with Crippen molar-refractivity contribution in [3.63, 3.8) is 0 Å². The lowest BCUT2D eigenvalue weighted by Gasteiger charge is -2.47. The molecule has 1 saturated heterocycles. The molecular formula is C25H28N8O. The van der Waals surface area contributed by atoms with E-state index in [1.165, 1.54) is 0 Å². The summed E-state index contributed by atoms with van der Waals surface area (Å²) in [6.45, 7) is 8.10. The normalized spacial score (nSPS) is 20.9. The molecule has 3 atom stereocenters. The molecule has 1 aliphatic rings. The molecule has 4 aromatic rings. The van der Waals surface area contributed by atoms with Crippen LogP contribution in [-0.4, -0.2) is 54.4 Å². The lowest BCUT2D eigenvalue weighted by molar-refractivity contribution is 0.119. The highest BCUT2D eigenvalue weighted by molar-refractivity contribution is 5.88. The van der Waals surface area contributed by atoms with Gasteiger partial charge in [0.2, 0.25) is 0 Å². The Bertz CT molecular complexity index is 1570. The molecule has 1 aliphatic heterocycles. The van der Waals surface area contributed by atoms with Crippen molar-refractivity contribution in [2.45, 2.75) is 45.4 Å². The summed E-state index contributed by atoms with van der Waals surface area (Å²) in [5, 5.41) is 13.7. The first-order valence-corrected chi connectivity index (χ1v) is 11.4. The number of aryl methyl sites for hydroxylation is 1. The summed E-state index contributed by atoms with van der Waals surface area (Å²) < 4.78 is 18.7. The fraction of sp³-hybridized carbons (Fsp3) is 0.400. The van der Waals surface area contributed by atoms with Crippen molar-refractivity contribution >= 4 is 27.8 Å². The van der Waals surface area contributed by atoms with Crippen LogP contribution in [0.1, 0.15) is 35.1 Å². The summed E-state index contributed by atoms with van der Waals surface area (Å²) in [4.78, 5) is 25.8. The second-order valence-corrected chi connectivity index (χ2v) is 9.06. The molecule has 3 aromatic heterocycles. The van der Waals surface area contributed by atoms with Gasteiger partial charge in [0.25, 0.3) is 5.56 Å². The van der Waals surface area contributed by atoms with E-state index in [9.17, 15) is 4.79 Å². The zero-order valence-electron chi connectivity index (χ0n) is 21.7. The molecule has 5 rings (SSSR count). The Kier molecular flexibility index (Phi) is 4.94.